The van der Waals surface area contributed by atoms with Gasteiger partial charge in [-0.3, -0.25) is 4.98 Å². The van der Waals surface area contributed by atoms with Gasteiger partial charge in [0.25, 0.3) is 0 Å². The number of nitrogens with one attached hydrogen (secondary N) is 1. The number of fused-ring (bicyclic) bond motifs is 1. The second-order valence-corrected chi connectivity index (χ2v) is 8.43. The first-order valence-corrected chi connectivity index (χ1v) is 11.5. The summed E-state index contributed by atoms with van der Waals surface area (Å²) in [7, 11) is 0. The number of hydrogen-bond donors (Lipinski definition) is 1. The van der Waals surface area contributed by atoms with Crippen LogP contribution in [0.2, 0.25) is 5.02 Å². The van der Waals surface area contributed by atoms with Crippen molar-refractivity contribution in [1.29, 1.82) is 5.26 Å². The molecule has 36 heavy (non-hydrogen) atoms. The van der Waals surface area contributed by atoms with E-state index in [1.54, 1.807) is 50.5 Å². The lowest BCUT2D eigenvalue weighted by atomic mass is 9.95. The van der Waals surface area contributed by atoms with Crippen molar-refractivity contribution in [3.8, 4) is 11.8 Å². The largest absolute Gasteiger partial charge is 0.511 e. The summed E-state index contributed by atoms with van der Waals surface area (Å²) in [6.45, 7) is 3.06. The Bertz CT molecular complexity index is 1390. The first-order valence-electron chi connectivity index (χ1n) is 11.2. The predicted octanol–water partition coefficient (Wildman–Crippen LogP) is 6.25. The zero-order valence-electron chi connectivity index (χ0n) is 19.6. The molecule has 1 atom stereocenters. The summed E-state index contributed by atoms with van der Waals surface area (Å²) < 4.78 is 16.1. The number of ether oxygens (including phenoxy) is 3. The van der Waals surface area contributed by atoms with E-state index in [0.29, 0.717) is 38.6 Å². The molecular weight excluding hydrogens is 480 g/mol. The molecule has 0 aliphatic carbocycles. The summed E-state index contributed by atoms with van der Waals surface area (Å²) in [4.78, 5) is 20.8. The molecule has 0 amide bonds. The molecule has 2 aromatic heterocycles. The average molecular weight is 503 g/mol. The lowest BCUT2D eigenvalue weighted by molar-refractivity contribution is -0.00807. The molecule has 0 saturated heterocycles. The molecule has 0 aliphatic rings. The topological polar surface area (TPSA) is 106 Å². The van der Waals surface area contributed by atoms with Crippen LogP contribution in [0.1, 0.15) is 36.6 Å². The van der Waals surface area contributed by atoms with E-state index < -0.39 is 19.0 Å². The third kappa shape index (κ3) is 5.82. The minimum atomic E-state index is -0.840. The van der Waals surface area contributed by atoms with Crippen LogP contribution in [-0.2, 0) is 9.47 Å². The number of anilines is 1. The van der Waals surface area contributed by atoms with Gasteiger partial charge < -0.3 is 19.5 Å². The Balaban J connectivity index is 1.80. The molecule has 9 heteroatoms. The van der Waals surface area contributed by atoms with Crippen molar-refractivity contribution in [2.45, 2.75) is 26.0 Å². The molecule has 182 valence electrons. The highest BCUT2D eigenvalue weighted by molar-refractivity contribution is 6.35. The maximum Gasteiger partial charge on any atom is 0.511 e. The Labute approximate surface area is 213 Å². The summed E-state index contributed by atoms with van der Waals surface area (Å²) in [6.07, 6.45) is 2.15. The lowest BCUT2D eigenvalue weighted by Crippen LogP contribution is -2.18. The maximum absolute atomic E-state index is 11.9. The van der Waals surface area contributed by atoms with Crippen molar-refractivity contribution in [1.82, 2.24) is 9.97 Å². The fraction of sp³-hybridized carbons (Fsp3) is 0.185. The van der Waals surface area contributed by atoms with E-state index in [4.69, 9.17) is 25.8 Å². The SMILES string of the molecule is CC(C)OC(=O)OCOc1c(C(Nc2ccccn2)c2ccc(C#N)cc2)cc(Cl)c2cccnc12. The van der Waals surface area contributed by atoms with E-state index in [-0.39, 0.29) is 6.10 Å². The van der Waals surface area contributed by atoms with Crippen LogP contribution in [0.5, 0.6) is 5.75 Å². The van der Waals surface area contributed by atoms with Gasteiger partial charge >= 0.3 is 6.16 Å². The van der Waals surface area contributed by atoms with Crippen LogP contribution in [0.4, 0.5) is 10.6 Å². The third-order valence-corrected chi connectivity index (χ3v) is 5.49. The van der Waals surface area contributed by atoms with Crippen LogP contribution < -0.4 is 10.1 Å². The monoisotopic (exact) mass is 502 g/mol. The second-order valence-electron chi connectivity index (χ2n) is 8.03. The number of pyridine rings is 2. The molecular formula is C27H23ClN4O4. The zero-order chi connectivity index (χ0) is 25.5. The van der Waals surface area contributed by atoms with Gasteiger partial charge in [-0.2, -0.15) is 5.26 Å². The van der Waals surface area contributed by atoms with Gasteiger partial charge in [-0.05, 0) is 61.9 Å². The Morgan fingerprint density at radius 2 is 1.86 bits per heavy atom. The van der Waals surface area contributed by atoms with E-state index in [0.717, 1.165) is 5.56 Å². The van der Waals surface area contributed by atoms with E-state index in [2.05, 4.69) is 21.4 Å². The highest BCUT2D eigenvalue weighted by Gasteiger charge is 2.24. The van der Waals surface area contributed by atoms with E-state index >= 15 is 0 Å². The van der Waals surface area contributed by atoms with E-state index in [9.17, 15) is 10.1 Å². The molecule has 2 aromatic carbocycles. The summed E-state index contributed by atoms with van der Waals surface area (Å²) in [5.74, 6) is 0.997. The Hall–Kier alpha value is -4.35. The smallest absolute Gasteiger partial charge is 0.455 e. The van der Waals surface area contributed by atoms with Crippen molar-refractivity contribution in [2.24, 2.45) is 0 Å². The number of hydrogen-bond acceptors (Lipinski definition) is 8. The Kier molecular flexibility index (Phi) is 7.83. The normalized spacial score (nSPS) is 11.5. The lowest BCUT2D eigenvalue weighted by Gasteiger charge is -2.24. The molecule has 1 N–H and O–H groups in total. The molecule has 0 fully saturated rings. The molecule has 0 spiro atoms. The van der Waals surface area contributed by atoms with Gasteiger partial charge in [-0.25, -0.2) is 9.78 Å². The molecule has 1 unspecified atom stereocenters. The Morgan fingerprint density at radius 1 is 1.08 bits per heavy atom. The fourth-order valence-corrected chi connectivity index (χ4v) is 3.88. The number of benzene rings is 2. The molecule has 0 radical (unpaired) electrons. The maximum atomic E-state index is 11.9. The number of carbonyl (C=O) groups is 1. The average Bonchev–Trinajstić information content (AvgIpc) is 2.89. The summed E-state index contributed by atoms with van der Waals surface area (Å²) in [5.41, 5.74) is 2.50. The molecule has 0 saturated carbocycles. The van der Waals surface area contributed by atoms with Crippen LogP contribution >= 0.6 is 11.6 Å². The molecule has 4 rings (SSSR count). The van der Waals surface area contributed by atoms with Gasteiger partial charge in [0, 0.05) is 23.3 Å². The van der Waals surface area contributed by atoms with Crippen LogP contribution in [-0.4, -0.2) is 29.0 Å². The van der Waals surface area contributed by atoms with Crippen LogP contribution in [0, 0.1) is 11.3 Å². The van der Waals surface area contributed by atoms with Crippen molar-refractivity contribution in [3.05, 3.63) is 94.8 Å². The molecule has 8 nitrogen and oxygen atoms in total. The van der Waals surface area contributed by atoms with Gasteiger partial charge in [-0.1, -0.05) is 29.8 Å². The van der Waals surface area contributed by atoms with Crippen LogP contribution in [0.15, 0.2) is 73.1 Å². The molecule has 4 aromatic rings. The number of nitrogens with zero attached hydrogens (tertiary/aromatic N) is 3. The molecule has 2 heterocycles. The van der Waals surface area contributed by atoms with Gasteiger partial charge in [0.2, 0.25) is 6.79 Å². The van der Waals surface area contributed by atoms with Gasteiger partial charge in [0.05, 0.1) is 28.8 Å². The van der Waals surface area contributed by atoms with E-state index in [1.807, 2.05) is 36.4 Å². The fourth-order valence-electron chi connectivity index (χ4n) is 3.61. The third-order valence-electron chi connectivity index (χ3n) is 5.18. The van der Waals surface area contributed by atoms with Crippen molar-refractivity contribution < 1.29 is 19.0 Å². The number of rotatable bonds is 8. The summed E-state index contributed by atoms with van der Waals surface area (Å²) >= 11 is 6.67. The minimum absolute atomic E-state index is 0.325. The summed E-state index contributed by atoms with van der Waals surface area (Å²) in [6, 6.07) is 19.7. The predicted molar refractivity (Wildman–Crippen MR) is 136 cm³/mol. The van der Waals surface area contributed by atoms with Crippen molar-refractivity contribution in [3.63, 3.8) is 0 Å². The highest BCUT2D eigenvalue weighted by atomic mass is 35.5. The van der Waals surface area contributed by atoms with Gasteiger partial charge in [0.1, 0.15) is 11.3 Å². The number of halogens is 1. The Morgan fingerprint density at radius 3 is 2.56 bits per heavy atom. The first-order chi connectivity index (χ1) is 17.5. The number of aromatic nitrogens is 2. The minimum Gasteiger partial charge on any atom is -0.455 e. The standard InChI is InChI=1S/C27H23ClN4O4/c1-17(2)36-27(33)35-16-34-26-21(14-22(28)20-6-5-13-31-25(20)26)24(32-23-7-3-4-12-30-23)19-10-8-18(15-29)9-11-19/h3-14,17,24H,16H2,1-2H3,(H,30,32). The van der Waals surface area contributed by atoms with E-state index in [1.165, 1.54) is 0 Å². The number of carbonyl (C=O) groups excluding carboxylic acids is 1. The van der Waals surface area contributed by atoms with Crippen LogP contribution in [0.25, 0.3) is 10.9 Å². The first kappa shape index (κ1) is 24.8. The second kappa shape index (κ2) is 11.4. The summed E-state index contributed by atoms with van der Waals surface area (Å²) in [5, 5.41) is 13.8. The number of nitriles is 1. The van der Waals surface area contributed by atoms with Crippen molar-refractivity contribution >= 4 is 34.5 Å². The highest BCUT2D eigenvalue weighted by Crippen LogP contribution is 2.40. The van der Waals surface area contributed by atoms with Gasteiger partial charge in [0.15, 0.2) is 5.75 Å². The molecule has 0 aliphatic heterocycles. The zero-order valence-corrected chi connectivity index (χ0v) is 20.4. The van der Waals surface area contributed by atoms with Crippen molar-refractivity contribution in [2.75, 3.05) is 12.1 Å². The molecule has 0 bridgehead atoms. The van der Waals surface area contributed by atoms with Crippen LogP contribution in [0.3, 0.4) is 0 Å². The quantitative estimate of drug-likeness (QED) is 0.222. The van der Waals surface area contributed by atoms with Gasteiger partial charge in [-0.15, -0.1) is 0 Å².